The van der Waals surface area contributed by atoms with Crippen molar-refractivity contribution in [2.24, 2.45) is 0 Å². The predicted octanol–water partition coefficient (Wildman–Crippen LogP) is 4.02. The molecule has 1 fully saturated rings. The van der Waals surface area contributed by atoms with Crippen LogP contribution in [0.25, 0.3) is 21.9 Å². The van der Waals surface area contributed by atoms with E-state index >= 15 is 0 Å². The second kappa shape index (κ2) is 6.31. The SMILES string of the molecule is Cc1coc2c1c(C)cc1oc(=O)c(CC(=O)N3CCCCC3)c(C)c12. The number of piperidine rings is 1. The van der Waals surface area contributed by atoms with Gasteiger partial charge in [-0.25, -0.2) is 4.79 Å². The Bertz CT molecular complexity index is 1070. The fraction of sp³-hybridized carbons (Fsp3) is 0.429. The second-order valence-electron chi connectivity index (χ2n) is 7.30. The van der Waals surface area contributed by atoms with Crippen LogP contribution in [0.1, 0.15) is 41.5 Å². The molecule has 5 heteroatoms. The van der Waals surface area contributed by atoms with E-state index in [2.05, 4.69) is 0 Å². The molecule has 4 rings (SSSR count). The van der Waals surface area contributed by atoms with Crippen LogP contribution >= 0.6 is 0 Å². The molecule has 3 aromatic rings. The van der Waals surface area contributed by atoms with E-state index in [1.165, 1.54) is 0 Å². The molecule has 26 heavy (non-hydrogen) atoms. The highest BCUT2D eigenvalue weighted by Crippen LogP contribution is 2.34. The molecule has 0 N–H and O–H groups in total. The third-order valence-electron chi connectivity index (χ3n) is 5.50. The highest BCUT2D eigenvalue weighted by molar-refractivity contribution is 6.07. The third-order valence-corrected chi connectivity index (χ3v) is 5.50. The standard InChI is InChI=1S/C21H23NO4/c1-12-9-16-19(20-18(12)13(2)11-25-20)14(3)15(21(24)26-16)10-17(23)22-7-5-4-6-8-22/h9,11H,4-8,10H2,1-3H3. The minimum absolute atomic E-state index is 0.00145. The normalized spacial score (nSPS) is 15.1. The Labute approximate surface area is 151 Å². The second-order valence-corrected chi connectivity index (χ2v) is 7.30. The van der Waals surface area contributed by atoms with Crippen molar-refractivity contribution < 1.29 is 13.6 Å². The zero-order chi connectivity index (χ0) is 18.4. The van der Waals surface area contributed by atoms with Crippen molar-refractivity contribution >= 4 is 27.8 Å². The Morgan fingerprint density at radius 3 is 2.54 bits per heavy atom. The summed E-state index contributed by atoms with van der Waals surface area (Å²) >= 11 is 0. The number of carbonyl (C=O) groups excluding carboxylic acids is 1. The Balaban J connectivity index is 1.85. The van der Waals surface area contributed by atoms with E-state index in [9.17, 15) is 9.59 Å². The average molecular weight is 353 g/mol. The van der Waals surface area contributed by atoms with Gasteiger partial charge in [-0.15, -0.1) is 0 Å². The van der Waals surface area contributed by atoms with Gasteiger partial charge in [-0.3, -0.25) is 4.79 Å². The number of nitrogens with zero attached hydrogens (tertiary/aromatic N) is 1. The summed E-state index contributed by atoms with van der Waals surface area (Å²) in [5.41, 5.74) is 4.09. The molecular weight excluding hydrogens is 330 g/mol. The van der Waals surface area contributed by atoms with Gasteiger partial charge in [-0.1, -0.05) is 0 Å². The number of fused-ring (bicyclic) bond motifs is 3. The summed E-state index contributed by atoms with van der Waals surface area (Å²) in [7, 11) is 0. The smallest absolute Gasteiger partial charge is 0.340 e. The van der Waals surface area contributed by atoms with Gasteiger partial charge in [0.05, 0.1) is 23.6 Å². The van der Waals surface area contributed by atoms with Gasteiger partial charge >= 0.3 is 5.63 Å². The Morgan fingerprint density at radius 1 is 1.08 bits per heavy atom. The minimum atomic E-state index is -0.428. The molecule has 0 atom stereocenters. The molecule has 1 aromatic carbocycles. The van der Waals surface area contributed by atoms with Crippen molar-refractivity contribution in [3.05, 3.63) is 45.0 Å². The Morgan fingerprint density at radius 2 is 1.81 bits per heavy atom. The summed E-state index contributed by atoms with van der Waals surface area (Å²) in [6, 6.07) is 1.88. The monoisotopic (exact) mass is 353 g/mol. The molecule has 136 valence electrons. The number of likely N-dealkylation sites (tertiary alicyclic amines) is 1. The third kappa shape index (κ3) is 2.62. The van der Waals surface area contributed by atoms with E-state index in [1.807, 2.05) is 31.7 Å². The summed E-state index contributed by atoms with van der Waals surface area (Å²) in [5, 5.41) is 1.84. The summed E-state index contributed by atoms with van der Waals surface area (Å²) in [4.78, 5) is 27.1. The van der Waals surface area contributed by atoms with Crippen LogP contribution in [0.5, 0.6) is 0 Å². The number of furan rings is 1. The van der Waals surface area contributed by atoms with Gasteiger partial charge in [0, 0.05) is 18.5 Å². The van der Waals surface area contributed by atoms with E-state index in [1.54, 1.807) is 6.26 Å². The van der Waals surface area contributed by atoms with E-state index in [-0.39, 0.29) is 12.3 Å². The minimum Gasteiger partial charge on any atom is -0.463 e. The van der Waals surface area contributed by atoms with Crippen LogP contribution in [0, 0.1) is 20.8 Å². The fourth-order valence-corrected chi connectivity index (χ4v) is 4.08. The molecule has 0 aliphatic carbocycles. The molecule has 3 heterocycles. The molecule has 0 unspecified atom stereocenters. The number of rotatable bonds is 2. The van der Waals surface area contributed by atoms with Crippen LogP contribution in [0.2, 0.25) is 0 Å². The Hall–Kier alpha value is -2.56. The van der Waals surface area contributed by atoms with Gasteiger partial charge in [0.1, 0.15) is 11.2 Å². The summed E-state index contributed by atoms with van der Waals surface area (Å²) < 4.78 is 11.4. The van der Waals surface area contributed by atoms with Gasteiger partial charge in [-0.05, 0) is 62.8 Å². The van der Waals surface area contributed by atoms with Crippen molar-refractivity contribution in [3.63, 3.8) is 0 Å². The van der Waals surface area contributed by atoms with Crippen LogP contribution in [0.15, 0.2) is 26.0 Å². The highest BCUT2D eigenvalue weighted by Gasteiger charge is 2.23. The van der Waals surface area contributed by atoms with Gasteiger partial charge in [0.15, 0.2) is 0 Å². The summed E-state index contributed by atoms with van der Waals surface area (Å²) in [6.07, 6.45) is 5.03. The maximum Gasteiger partial charge on any atom is 0.340 e. The zero-order valence-electron chi connectivity index (χ0n) is 15.5. The molecule has 0 bridgehead atoms. The van der Waals surface area contributed by atoms with Crippen LogP contribution in [0.3, 0.4) is 0 Å². The maximum absolute atomic E-state index is 12.7. The van der Waals surface area contributed by atoms with Gasteiger partial charge in [-0.2, -0.15) is 0 Å². The zero-order valence-corrected chi connectivity index (χ0v) is 15.5. The quantitative estimate of drug-likeness (QED) is 0.653. The van der Waals surface area contributed by atoms with Gasteiger partial charge < -0.3 is 13.7 Å². The van der Waals surface area contributed by atoms with Crippen LogP contribution in [-0.2, 0) is 11.2 Å². The van der Waals surface area contributed by atoms with Crippen LogP contribution < -0.4 is 5.63 Å². The number of amides is 1. The number of aryl methyl sites for hydroxylation is 3. The lowest BCUT2D eigenvalue weighted by atomic mass is 9.98. The number of hydrogen-bond donors (Lipinski definition) is 0. The lowest BCUT2D eigenvalue weighted by Crippen LogP contribution is -2.37. The van der Waals surface area contributed by atoms with Crippen molar-refractivity contribution in [2.75, 3.05) is 13.1 Å². The van der Waals surface area contributed by atoms with Crippen LogP contribution in [0.4, 0.5) is 0 Å². The lowest BCUT2D eigenvalue weighted by molar-refractivity contribution is -0.131. The van der Waals surface area contributed by atoms with Crippen molar-refractivity contribution in [1.82, 2.24) is 4.90 Å². The first-order valence-electron chi connectivity index (χ1n) is 9.19. The molecule has 1 amide bonds. The Kier molecular flexibility index (Phi) is 4.10. The van der Waals surface area contributed by atoms with E-state index in [0.29, 0.717) is 11.1 Å². The van der Waals surface area contributed by atoms with Gasteiger partial charge in [0.25, 0.3) is 0 Å². The largest absolute Gasteiger partial charge is 0.463 e. The maximum atomic E-state index is 12.7. The van der Waals surface area contributed by atoms with Crippen molar-refractivity contribution in [3.8, 4) is 0 Å². The lowest BCUT2D eigenvalue weighted by Gasteiger charge is -2.26. The van der Waals surface area contributed by atoms with Crippen LogP contribution in [-0.4, -0.2) is 23.9 Å². The van der Waals surface area contributed by atoms with E-state index in [0.717, 1.165) is 65.4 Å². The summed E-state index contributed by atoms with van der Waals surface area (Å²) in [5.74, 6) is -0.00145. The fourth-order valence-electron chi connectivity index (χ4n) is 4.08. The number of hydrogen-bond acceptors (Lipinski definition) is 4. The molecular formula is C21H23NO4. The highest BCUT2D eigenvalue weighted by atomic mass is 16.4. The first kappa shape index (κ1) is 16.9. The molecule has 0 saturated carbocycles. The first-order valence-corrected chi connectivity index (χ1v) is 9.19. The molecule has 1 saturated heterocycles. The van der Waals surface area contributed by atoms with Crippen molar-refractivity contribution in [1.29, 1.82) is 0 Å². The average Bonchev–Trinajstić information content (AvgIpc) is 3.01. The van der Waals surface area contributed by atoms with E-state index < -0.39 is 5.63 Å². The molecule has 0 spiro atoms. The topological polar surface area (TPSA) is 63.7 Å². The van der Waals surface area contributed by atoms with E-state index in [4.69, 9.17) is 8.83 Å². The van der Waals surface area contributed by atoms with Gasteiger partial charge in [0.2, 0.25) is 5.91 Å². The number of carbonyl (C=O) groups is 1. The molecule has 0 radical (unpaired) electrons. The molecule has 1 aliphatic rings. The number of benzene rings is 1. The summed E-state index contributed by atoms with van der Waals surface area (Å²) in [6.45, 7) is 7.41. The first-order chi connectivity index (χ1) is 12.5. The van der Waals surface area contributed by atoms with Crippen molar-refractivity contribution in [2.45, 2.75) is 46.5 Å². The molecule has 5 nitrogen and oxygen atoms in total. The predicted molar refractivity (Wildman–Crippen MR) is 101 cm³/mol. The molecule has 2 aromatic heterocycles. The molecule has 1 aliphatic heterocycles.